The van der Waals surface area contributed by atoms with E-state index in [-0.39, 0.29) is 21.2 Å². The van der Waals surface area contributed by atoms with E-state index in [1.807, 2.05) is 0 Å². The second-order valence-corrected chi connectivity index (χ2v) is 4.78. The predicted molar refractivity (Wildman–Crippen MR) is 69.6 cm³/mol. The van der Waals surface area contributed by atoms with E-state index >= 15 is 0 Å². The lowest BCUT2D eigenvalue weighted by Crippen LogP contribution is -2.13. The van der Waals surface area contributed by atoms with Crippen molar-refractivity contribution in [3.63, 3.8) is 0 Å². The molecule has 0 saturated carbocycles. The molecule has 2 aromatic rings. The molecular formula is C13H7BrF2N2O. The molecule has 96 valence electrons. The number of nitrogens with zero attached hydrogens (tertiary/aromatic N) is 1. The van der Waals surface area contributed by atoms with Gasteiger partial charge in [-0.2, -0.15) is 5.26 Å². The van der Waals surface area contributed by atoms with Crippen LogP contribution >= 0.6 is 15.9 Å². The minimum atomic E-state index is -0.839. The van der Waals surface area contributed by atoms with E-state index in [0.29, 0.717) is 11.8 Å². The van der Waals surface area contributed by atoms with Crippen LogP contribution < -0.4 is 5.56 Å². The van der Waals surface area contributed by atoms with Gasteiger partial charge in [-0.1, -0.05) is 0 Å². The molecular weight excluding hydrogens is 318 g/mol. The number of halogens is 3. The minimum absolute atomic E-state index is 0.00727. The second-order valence-electron chi connectivity index (χ2n) is 3.93. The summed E-state index contributed by atoms with van der Waals surface area (Å²) < 4.78 is 27.1. The molecule has 1 N–H and O–H groups in total. The van der Waals surface area contributed by atoms with Gasteiger partial charge in [-0.25, -0.2) is 8.78 Å². The average Bonchev–Trinajstić information content (AvgIpc) is 2.26. The van der Waals surface area contributed by atoms with E-state index < -0.39 is 17.2 Å². The number of H-pyrrole nitrogens is 1. The molecule has 0 atom stereocenters. The first-order chi connectivity index (χ1) is 8.93. The maximum atomic E-state index is 13.9. The molecule has 0 aliphatic rings. The third-order valence-electron chi connectivity index (χ3n) is 2.56. The van der Waals surface area contributed by atoms with Gasteiger partial charge in [-0.15, -0.1) is 0 Å². The summed E-state index contributed by atoms with van der Waals surface area (Å²) in [6, 6.07) is 4.99. The van der Waals surface area contributed by atoms with Gasteiger partial charge < -0.3 is 4.98 Å². The van der Waals surface area contributed by atoms with Crippen molar-refractivity contribution in [2.45, 2.75) is 6.92 Å². The quantitative estimate of drug-likeness (QED) is 0.875. The molecule has 0 fully saturated rings. The second kappa shape index (κ2) is 4.94. The van der Waals surface area contributed by atoms with Crippen LogP contribution in [0.4, 0.5) is 8.78 Å². The van der Waals surface area contributed by atoms with Gasteiger partial charge in [0, 0.05) is 27.4 Å². The van der Waals surface area contributed by atoms with Gasteiger partial charge in [-0.05, 0) is 35.0 Å². The Morgan fingerprint density at radius 1 is 1.32 bits per heavy atom. The van der Waals surface area contributed by atoms with Crippen molar-refractivity contribution in [3.8, 4) is 17.2 Å². The lowest BCUT2D eigenvalue weighted by molar-refractivity contribution is 0.584. The van der Waals surface area contributed by atoms with E-state index in [2.05, 4.69) is 20.9 Å². The van der Waals surface area contributed by atoms with Crippen molar-refractivity contribution < 1.29 is 8.78 Å². The van der Waals surface area contributed by atoms with Crippen LogP contribution in [0.15, 0.2) is 27.5 Å². The summed E-state index contributed by atoms with van der Waals surface area (Å²) in [4.78, 5) is 14.1. The van der Waals surface area contributed by atoms with Gasteiger partial charge >= 0.3 is 0 Å². The maximum Gasteiger partial charge on any atom is 0.266 e. The van der Waals surface area contributed by atoms with E-state index in [4.69, 9.17) is 5.26 Å². The summed E-state index contributed by atoms with van der Waals surface area (Å²) in [5.41, 5.74) is -0.208. The van der Waals surface area contributed by atoms with Crippen molar-refractivity contribution in [3.05, 3.63) is 55.9 Å². The number of hydrogen-bond donors (Lipinski definition) is 1. The predicted octanol–water partition coefficient (Wildman–Crippen LogP) is 3.26. The molecule has 2 rings (SSSR count). The molecule has 0 spiro atoms. The van der Waals surface area contributed by atoms with Crippen LogP contribution in [0.25, 0.3) is 11.1 Å². The van der Waals surface area contributed by atoms with Gasteiger partial charge in [0.2, 0.25) is 0 Å². The van der Waals surface area contributed by atoms with Crippen LogP contribution in [-0.4, -0.2) is 4.98 Å². The molecule has 19 heavy (non-hydrogen) atoms. The molecule has 1 heterocycles. The topological polar surface area (TPSA) is 56.6 Å². The number of pyridine rings is 1. The Hall–Kier alpha value is -2.00. The first-order valence-corrected chi connectivity index (χ1v) is 6.02. The summed E-state index contributed by atoms with van der Waals surface area (Å²) in [7, 11) is 0. The summed E-state index contributed by atoms with van der Waals surface area (Å²) >= 11 is 3.05. The largest absolute Gasteiger partial charge is 0.325 e. The van der Waals surface area contributed by atoms with Crippen LogP contribution in [0, 0.1) is 29.9 Å². The molecule has 3 nitrogen and oxygen atoms in total. The average molecular weight is 325 g/mol. The fraction of sp³-hybridized carbons (Fsp3) is 0.0769. The van der Waals surface area contributed by atoms with E-state index in [1.165, 1.54) is 6.07 Å². The van der Waals surface area contributed by atoms with Gasteiger partial charge in [0.15, 0.2) is 0 Å². The van der Waals surface area contributed by atoms with Crippen molar-refractivity contribution in [1.29, 1.82) is 5.26 Å². The Morgan fingerprint density at radius 3 is 2.58 bits per heavy atom. The van der Waals surface area contributed by atoms with Crippen LogP contribution in [0.3, 0.4) is 0 Å². The fourth-order valence-electron chi connectivity index (χ4n) is 1.80. The monoisotopic (exact) mass is 324 g/mol. The maximum absolute atomic E-state index is 13.9. The molecule has 0 radical (unpaired) electrons. The smallest absolute Gasteiger partial charge is 0.266 e. The summed E-state index contributed by atoms with van der Waals surface area (Å²) in [5.74, 6) is -1.58. The van der Waals surface area contributed by atoms with E-state index in [9.17, 15) is 13.6 Å². The van der Waals surface area contributed by atoms with Crippen LogP contribution in [0.2, 0.25) is 0 Å². The normalized spacial score (nSPS) is 10.3. The highest BCUT2D eigenvalue weighted by atomic mass is 79.9. The van der Waals surface area contributed by atoms with Crippen molar-refractivity contribution in [1.82, 2.24) is 4.98 Å². The zero-order chi connectivity index (χ0) is 14.2. The number of nitrogens with one attached hydrogen (secondary N) is 1. The number of nitriles is 1. The SMILES string of the molecule is Cc1cc(-c2c(F)cc(F)cc2Br)c(C#N)c(=O)[nH]1. The Bertz CT molecular complexity index is 739. The van der Waals surface area contributed by atoms with Crippen LogP contribution in [-0.2, 0) is 0 Å². The molecule has 0 unspecified atom stereocenters. The lowest BCUT2D eigenvalue weighted by atomic mass is 10.0. The number of rotatable bonds is 1. The van der Waals surface area contributed by atoms with E-state index in [1.54, 1.807) is 13.0 Å². The Kier molecular flexibility index (Phi) is 3.49. The molecule has 0 amide bonds. The Balaban J connectivity index is 2.88. The zero-order valence-corrected chi connectivity index (χ0v) is 11.3. The molecule has 0 saturated heterocycles. The van der Waals surface area contributed by atoms with E-state index in [0.717, 1.165) is 6.07 Å². The van der Waals surface area contributed by atoms with Gasteiger partial charge in [0.1, 0.15) is 23.3 Å². The number of aryl methyl sites for hydroxylation is 1. The summed E-state index contributed by atoms with van der Waals surface area (Å²) in [6.07, 6.45) is 0. The molecule has 6 heteroatoms. The van der Waals surface area contributed by atoms with Crippen LogP contribution in [0.5, 0.6) is 0 Å². The first kappa shape index (κ1) is 13.4. The van der Waals surface area contributed by atoms with Crippen molar-refractivity contribution in [2.75, 3.05) is 0 Å². The highest BCUT2D eigenvalue weighted by Crippen LogP contribution is 2.33. The highest BCUT2D eigenvalue weighted by molar-refractivity contribution is 9.10. The third-order valence-corrected chi connectivity index (χ3v) is 3.18. The van der Waals surface area contributed by atoms with Gasteiger partial charge in [-0.3, -0.25) is 4.79 Å². The summed E-state index contributed by atoms with van der Waals surface area (Å²) in [6.45, 7) is 1.61. The fourth-order valence-corrected chi connectivity index (χ4v) is 2.42. The van der Waals surface area contributed by atoms with Crippen molar-refractivity contribution >= 4 is 15.9 Å². The Morgan fingerprint density at radius 2 is 2.00 bits per heavy atom. The highest BCUT2D eigenvalue weighted by Gasteiger charge is 2.17. The third kappa shape index (κ3) is 2.42. The lowest BCUT2D eigenvalue weighted by Gasteiger charge is -2.09. The number of hydrogen-bond acceptors (Lipinski definition) is 2. The molecule has 0 aliphatic heterocycles. The number of benzene rings is 1. The number of aromatic amines is 1. The summed E-state index contributed by atoms with van der Waals surface area (Å²) in [5, 5.41) is 9.01. The number of aromatic nitrogens is 1. The first-order valence-electron chi connectivity index (χ1n) is 5.23. The Labute approximate surface area is 115 Å². The van der Waals surface area contributed by atoms with Gasteiger partial charge in [0.25, 0.3) is 5.56 Å². The van der Waals surface area contributed by atoms with Crippen LogP contribution in [0.1, 0.15) is 11.3 Å². The van der Waals surface area contributed by atoms with Crippen molar-refractivity contribution in [2.24, 2.45) is 0 Å². The molecule has 1 aromatic heterocycles. The van der Waals surface area contributed by atoms with Gasteiger partial charge in [0.05, 0.1) is 0 Å². The standard InChI is InChI=1S/C13H7BrF2N2O/c1-6-2-8(9(5-17)13(19)18-6)12-10(14)3-7(15)4-11(12)16/h2-4H,1H3,(H,18,19). The minimum Gasteiger partial charge on any atom is -0.325 e. The molecule has 0 aliphatic carbocycles. The molecule has 1 aromatic carbocycles. The molecule has 0 bridgehead atoms. The zero-order valence-electron chi connectivity index (χ0n) is 9.72.